The first-order valence-electron chi connectivity index (χ1n) is 4.77. The number of thiophene rings is 1. The molecule has 1 aromatic heterocycles. The monoisotopic (exact) mass is 236 g/mol. The van der Waals surface area contributed by atoms with Crippen LogP contribution in [0.25, 0.3) is 0 Å². The Hall–Kier alpha value is -1.06. The van der Waals surface area contributed by atoms with E-state index in [1.807, 2.05) is 17.3 Å². The van der Waals surface area contributed by atoms with E-state index in [9.17, 15) is 0 Å². The first-order chi connectivity index (χ1) is 7.33. The van der Waals surface area contributed by atoms with Crippen LogP contribution in [0.15, 0.2) is 45.3 Å². The van der Waals surface area contributed by atoms with E-state index in [0.717, 1.165) is 17.2 Å². The van der Waals surface area contributed by atoms with Crippen molar-refractivity contribution in [2.45, 2.75) is 12.5 Å². The van der Waals surface area contributed by atoms with Crippen molar-refractivity contribution in [1.82, 2.24) is 5.01 Å². The van der Waals surface area contributed by atoms with Crippen LogP contribution in [0.2, 0.25) is 0 Å². The third-order valence-electron chi connectivity index (χ3n) is 2.57. The van der Waals surface area contributed by atoms with Gasteiger partial charge in [0.1, 0.15) is 0 Å². The van der Waals surface area contributed by atoms with E-state index < -0.39 is 0 Å². The van der Waals surface area contributed by atoms with Crippen LogP contribution in [0.4, 0.5) is 0 Å². The Kier molecular flexibility index (Phi) is 2.15. The van der Waals surface area contributed by atoms with Gasteiger partial charge in [-0.15, -0.1) is 0 Å². The SMILES string of the molecule is ClC1=CN2N=C(c3ccsc3)CC2C=C1. The molecular weight excluding hydrogens is 228 g/mol. The number of allylic oxidation sites excluding steroid dienone is 2. The molecule has 2 aliphatic heterocycles. The summed E-state index contributed by atoms with van der Waals surface area (Å²) in [7, 11) is 0. The quantitative estimate of drug-likeness (QED) is 0.731. The molecule has 0 aromatic carbocycles. The van der Waals surface area contributed by atoms with Crippen molar-refractivity contribution in [3.05, 3.63) is 45.8 Å². The number of hydrazone groups is 1. The lowest BCUT2D eigenvalue weighted by atomic mass is 10.1. The summed E-state index contributed by atoms with van der Waals surface area (Å²) in [6.07, 6.45) is 6.89. The summed E-state index contributed by atoms with van der Waals surface area (Å²) < 4.78 is 0. The van der Waals surface area contributed by atoms with Crippen LogP contribution in [0.1, 0.15) is 12.0 Å². The maximum Gasteiger partial charge on any atom is 0.0759 e. The predicted octanol–water partition coefficient (Wildman–Crippen LogP) is 3.18. The topological polar surface area (TPSA) is 15.6 Å². The average molecular weight is 237 g/mol. The number of hydrogen-bond acceptors (Lipinski definition) is 3. The van der Waals surface area contributed by atoms with E-state index >= 15 is 0 Å². The molecule has 3 heterocycles. The molecule has 0 saturated heterocycles. The zero-order chi connectivity index (χ0) is 10.3. The molecule has 2 aliphatic rings. The minimum atomic E-state index is 0.349. The summed E-state index contributed by atoms with van der Waals surface area (Å²) in [6.45, 7) is 0. The number of nitrogens with zero attached hydrogens (tertiary/aromatic N) is 2. The van der Waals surface area contributed by atoms with E-state index in [4.69, 9.17) is 11.6 Å². The van der Waals surface area contributed by atoms with Crippen molar-refractivity contribution in [3.63, 3.8) is 0 Å². The lowest BCUT2D eigenvalue weighted by Gasteiger charge is -2.19. The second-order valence-electron chi connectivity index (χ2n) is 3.58. The molecule has 4 heteroatoms. The van der Waals surface area contributed by atoms with Crippen molar-refractivity contribution < 1.29 is 0 Å². The zero-order valence-electron chi connectivity index (χ0n) is 7.93. The minimum absolute atomic E-state index is 0.349. The van der Waals surface area contributed by atoms with Crippen molar-refractivity contribution in [1.29, 1.82) is 0 Å². The van der Waals surface area contributed by atoms with Gasteiger partial charge in [0.25, 0.3) is 0 Å². The lowest BCUT2D eigenvalue weighted by molar-refractivity contribution is 0.367. The maximum absolute atomic E-state index is 5.92. The lowest BCUT2D eigenvalue weighted by Crippen LogP contribution is -2.21. The second-order valence-corrected chi connectivity index (χ2v) is 4.80. The molecule has 0 saturated carbocycles. The van der Waals surface area contributed by atoms with Gasteiger partial charge in [-0.1, -0.05) is 17.7 Å². The van der Waals surface area contributed by atoms with Crippen LogP contribution in [0, 0.1) is 0 Å². The highest BCUT2D eigenvalue weighted by molar-refractivity contribution is 7.08. The van der Waals surface area contributed by atoms with Gasteiger partial charge in [0, 0.05) is 18.2 Å². The first kappa shape index (κ1) is 9.19. The number of rotatable bonds is 1. The Bertz CT molecular complexity index is 459. The van der Waals surface area contributed by atoms with Crippen molar-refractivity contribution in [2.75, 3.05) is 0 Å². The summed E-state index contributed by atoms with van der Waals surface area (Å²) >= 11 is 7.62. The van der Waals surface area contributed by atoms with Gasteiger partial charge in [0.2, 0.25) is 0 Å². The highest BCUT2D eigenvalue weighted by Gasteiger charge is 2.26. The molecular formula is C11H9ClN2S. The van der Waals surface area contributed by atoms with Gasteiger partial charge in [-0.3, -0.25) is 5.01 Å². The Balaban J connectivity index is 1.92. The molecule has 76 valence electrons. The van der Waals surface area contributed by atoms with Gasteiger partial charge in [-0.05, 0) is 22.9 Å². The molecule has 0 radical (unpaired) electrons. The summed E-state index contributed by atoms with van der Waals surface area (Å²) in [5.41, 5.74) is 2.38. The van der Waals surface area contributed by atoms with E-state index in [2.05, 4.69) is 28.0 Å². The molecule has 1 unspecified atom stereocenters. The van der Waals surface area contributed by atoms with Gasteiger partial charge in [-0.2, -0.15) is 16.4 Å². The standard InChI is InChI=1S/C11H9ClN2S/c12-9-1-2-10-5-11(13-14(10)6-9)8-3-4-15-7-8/h1-4,6-7,10H,5H2. The Labute approximate surface area is 97.2 Å². The van der Waals surface area contributed by atoms with Gasteiger partial charge in [-0.25, -0.2) is 0 Å². The third kappa shape index (κ3) is 1.62. The number of halogens is 1. The fraction of sp³-hybridized carbons (Fsp3) is 0.182. The molecule has 0 bridgehead atoms. The molecule has 0 fully saturated rings. The molecule has 1 atom stereocenters. The average Bonchev–Trinajstić information content (AvgIpc) is 2.84. The summed E-state index contributed by atoms with van der Waals surface area (Å²) in [5.74, 6) is 0. The normalized spacial score (nSPS) is 23.8. The Morgan fingerprint density at radius 1 is 1.53 bits per heavy atom. The van der Waals surface area contributed by atoms with Gasteiger partial charge < -0.3 is 0 Å². The maximum atomic E-state index is 5.92. The van der Waals surface area contributed by atoms with Crippen LogP contribution in [0.5, 0.6) is 0 Å². The van der Waals surface area contributed by atoms with Crippen molar-refractivity contribution in [3.8, 4) is 0 Å². The van der Waals surface area contributed by atoms with Crippen LogP contribution >= 0.6 is 22.9 Å². The van der Waals surface area contributed by atoms with Crippen LogP contribution < -0.4 is 0 Å². The minimum Gasteiger partial charge on any atom is -0.264 e. The van der Waals surface area contributed by atoms with E-state index in [1.165, 1.54) is 5.56 Å². The predicted molar refractivity (Wildman–Crippen MR) is 64.2 cm³/mol. The smallest absolute Gasteiger partial charge is 0.0759 e. The van der Waals surface area contributed by atoms with Crippen molar-refractivity contribution in [2.24, 2.45) is 5.10 Å². The summed E-state index contributed by atoms with van der Waals surface area (Å²) in [5, 5.41) is 11.4. The largest absolute Gasteiger partial charge is 0.264 e. The molecule has 0 aliphatic carbocycles. The highest BCUT2D eigenvalue weighted by atomic mass is 35.5. The molecule has 0 N–H and O–H groups in total. The Morgan fingerprint density at radius 2 is 2.47 bits per heavy atom. The van der Waals surface area contributed by atoms with Crippen LogP contribution in [-0.4, -0.2) is 16.8 Å². The highest BCUT2D eigenvalue weighted by Crippen LogP contribution is 2.27. The van der Waals surface area contributed by atoms with E-state index in [-0.39, 0.29) is 0 Å². The molecule has 2 nitrogen and oxygen atoms in total. The molecule has 0 amide bonds. The van der Waals surface area contributed by atoms with Crippen LogP contribution in [-0.2, 0) is 0 Å². The first-order valence-corrected chi connectivity index (χ1v) is 6.09. The molecule has 3 rings (SSSR count). The van der Waals surface area contributed by atoms with Gasteiger partial charge >= 0.3 is 0 Å². The van der Waals surface area contributed by atoms with E-state index in [0.29, 0.717) is 6.04 Å². The van der Waals surface area contributed by atoms with E-state index in [1.54, 1.807) is 11.3 Å². The van der Waals surface area contributed by atoms with Gasteiger partial charge in [0.15, 0.2) is 0 Å². The molecule has 15 heavy (non-hydrogen) atoms. The fourth-order valence-electron chi connectivity index (χ4n) is 1.80. The fourth-order valence-corrected chi connectivity index (χ4v) is 2.64. The Morgan fingerprint density at radius 3 is 3.27 bits per heavy atom. The zero-order valence-corrected chi connectivity index (χ0v) is 9.50. The summed E-state index contributed by atoms with van der Waals surface area (Å²) in [4.78, 5) is 0. The third-order valence-corrected chi connectivity index (χ3v) is 3.47. The second kappa shape index (κ2) is 3.51. The number of fused-ring (bicyclic) bond motifs is 1. The molecule has 0 spiro atoms. The number of hydrogen-bond donors (Lipinski definition) is 0. The summed E-state index contributed by atoms with van der Waals surface area (Å²) in [6, 6.07) is 2.46. The van der Waals surface area contributed by atoms with Crippen LogP contribution in [0.3, 0.4) is 0 Å². The van der Waals surface area contributed by atoms with Crippen molar-refractivity contribution >= 4 is 28.6 Å². The van der Waals surface area contributed by atoms with Gasteiger partial charge in [0.05, 0.1) is 16.8 Å². The molecule has 1 aromatic rings.